The Balaban J connectivity index is 2.14. The second-order valence-corrected chi connectivity index (χ2v) is 5.24. The van der Waals surface area contributed by atoms with Gasteiger partial charge in [-0.25, -0.2) is 0 Å². The summed E-state index contributed by atoms with van der Waals surface area (Å²) in [6.07, 6.45) is 5.88. The lowest BCUT2D eigenvalue weighted by molar-refractivity contribution is -0.147. The first-order valence-corrected chi connectivity index (χ1v) is 7.82. The van der Waals surface area contributed by atoms with Gasteiger partial charge in [-0.15, -0.1) is 0 Å². The van der Waals surface area contributed by atoms with Crippen LogP contribution in [0.25, 0.3) is 0 Å². The fraction of sp³-hybridized carbons (Fsp3) is 1.00. The predicted molar refractivity (Wildman–Crippen MR) is 77.0 cm³/mol. The molecule has 4 nitrogen and oxygen atoms in total. The highest BCUT2D eigenvalue weighted by Gasteiger charge is 2.23. The van der Waals surface area contributed by atoms with E-state index in [-0.39, 0.29) is 6.29 Å². The molecule has 0 aliphatic heterocycles. The molecule has 0 bridgehead atoms. The SMILES string of the molecule is CCOC(CCOCC1CCCCC1CN)OCC. The summed E-state index contributed by atoms with van der Waals surface area (Å²) in [6, 6.07) is 0. The minimum Gasteiger partial charge on any atom is -0.381 e. The van der Waals surface area contributed by atoms with Crippen LogP contribution < -0.4 is 5.73 Å². The first-order chi connectivity index (χ1) is 9.31. The Hall–Kier alpha value is -0.160. The summed E-state index contributed by atoms with van der Waals surface area (Å²) < 4.78 is 16.8. The van der Waals surface area contributed by atoms with Crippen LogP contribution in [0.4, 0.5) is 0 Å². The zero-order chi connectivity index (χ0) is 13.9. The predicted octanol–water partition coefficient (Wildman–Crippen LogP) is 2.56. The number of hydrogen-bond acceptors (Lipinski definition) is 4. The van der Waals surface area contributed by atoms with Gasteiger partial charge in [0.15, 0.2) is 6.29 Å². The molecule has 0 amide bonds. The minimum atomic E-state index is -0.119. The van der Waals surface area contributed by atoms with Gasteiger partial charge in [0.1, 0.15) is 0 Å². The van der Waals surface area contributed by atoms with Crippen molar-refractivity contribution in [3.63, 3.8) is 0 Å². The van der Waals surface area contributed by atoms with E-state index in [0.717, 1.165) is 19.6 Å². The van der Waals surface area contributed by atoms with Gasteiger partial charge < -0.3 is 19.9 Å². The summed E-state index contributed by atoms with van der Waals surface area (Å²) in [5.41, 5.74) is 5.83. The van der Waals surface area contributed by atoms with Gasteiger partial charge in [-0.1, -0.05) is 12.8 Å². The minimum absolute atomic E-state index is 0.119. The Bertz CT molecular complexity index is 208. The van der Waals surface area contributed by atoms with Crippen molar-refractivity contribution in [3.8, 4) is 0 Å². The fourth-order valence-electron chi connectivity index (χ4n) is 2.82. The zero-order valence-corrected chi connectivity index (χ0v) is 12.6. The molecule has 0 aromatic carbocycles. The van der Waals surface area contributed by atoms with Gasteiger partial charge >= 0.3 is 0 Å². The third-order valence-electron chi connectivity index (χ3n) is 3.90. The Morgan fingerprint density at radius 2 is 1.68 bits per heavy atom. The first-order valence-electron chi connectivity index (χ1n) is 7.82. The molecule has 1 fully saturated rings. The molecule has 1 aliphatic rings. The molecule has 2 N–H and O–H groups in total. The smallest absolute Gasteiger partial charge is 0.159 e. The Morgan fingerprint density at radius 3 is 2.26 bits per heavy atom. The standard InChI is InChI=1S/C15H31NO3/c1-3-18-15(19-4-2)9-10-17-12-14-8-6-5-7-13(14)11-16/h13-15H,3-12,16H2,1-2H3. The number of hydrogen-bond donors (Lipinski definition) is 1. The van der Waals surface area contributed by atoms with Crippen LogP contribution in [-0.4, -0.2) is 39.3 Å². The molecule has 1 saturated carbocycles. The summed E-state index contributed by atoms with van der Waals surface area (Å²) >= 11 is 0. The number of ether oxygens (including phenoxy) is 3. The molecular formula is C15H31NO3. The second kappa shape index (κ2) is 10.6. The summed E-state index contributed by atoms with van der Waals surface area (Å²) in [5, 5.41) is 0. The van der Waals surface area contributed by atoms with Crippen molar-refractivity contribution in [2.24, 2.45) is 17.6 Å². The summed E-state index contributed by atoms with van der Waals surface area (Å²) in [4.78, 5) is 0. The summed E-state index contributed by atoms with van der Waals surface area (Å²) in [6.45, 7) is 7.69. The Labute approximate surface area is 118 Å². The van der Waals surface area contributed by atoms with Gasteiger partial charge in [-0.3, -0.25) is 0 Å². The van der Waals surface area contributed by atoms with Gasteiger partial charge in [-0.05, 0) is 45.1 Å². The number of nitrogens with two attached hydrogens (primary N) is 1. The highest BCUT2D eigenvalue weighted by atomic mass is 16.7. The molecule has 2 unspecified atom stereocenters. The first kappa shape index (κ1) is 16.9. The normalized spacial score (nSPS) is 24.0. The Kier molecular flexibility index (Phi) is 9.43. The fourth-order valence-corrected chi connectivity index (χ4v) is 2.82. The van der Waals surface area contributed by atoms with E-state index < -0.39 is 0 Å². The van der Waals surface area contributed by atoms with Crippen molar-refractivity contribution in [2.45, 2.75) is 52.2 Å². The topological polar surface area (TPSA) is 53.7 Å². The van der Waals surface area contributed by atoms with E-state index >= 15 is 0 Å². The highest BCUT2D eigenvalue weighted by molar-refractivity contribution is 4.75. The molecule has 4 heteroatoms. The van der Waals surface area contributed by atoms with Crippen LogP contribution >= 0.6 is 0 Å². The molecule has 2 atom stereocenters. The number of rotatable bonds is 10. The summed E-state index contributed by atoms with van der Waals surface area (Å²) in [5.74, 6) is 1.31. The molecule has 1 rings (SSSR count). The van der Waals surface area contributed by atoms with E-state index in [4.69, 9.17) is 19.9 Å². The average Bonchev–Trinajstić information content (AvgIpc) is 2.44. The average molecular weight is 273 g/mol. The van der Waals surface area contributed by atoms with E-state index in [0.29, 0.717) is 31.7 Å². The molecule has 1 aliphatic carbocycles. The van der Waals surface area contributed by atoms with Crippen LogP contribution in [0, 0.1) is 11.8 Å². The van der Waals surface area contributed by atoms with E-state index in [9.17, 15) is 0 Å². The van der Waals surface area contributed by atoms with Crippen LogP contribution in [0.2, 0.25) is 0 Å². The molecule has 114 valence electrons. The Morgan fingerprint density at radius 1 is 1.05 bits per heavy atom. The van der Waals surface area contributed by atoms with Gasteiger partial charge in [0.2, 0.25) is 0 Å². The molecule has 0 spiro atoms. The third-order valence-corrected chi connectivity index (χ3v) is 3.90. The molecule has 0 heterocycles. The highest BCUT2D eigenvalue weighted by Crippen LogP contribution is 2.29. The molecule has 19 heavy (non-hydrogen) atoms. The van der Waals surface area contributed by atoms with Crippen molar-refractivity contribution in [1.82, 2.24) is 0 Å². The van der Waals surface area contributed by atoms with Crippen molar-refractivity contribution in [1.29, 1.82) is 0 Å². The zero-order valence-electron chi connectivity index (χ0n) is 12.6. The monoisotopic (exact) mass is 273 g/mol. The lowest BCUT2D eigenvalue weighted by atomic mass is 9.80. The molecule has 0 aromatic rings. The maximum atomic E-state index is 5.83. The molecular weight excluding hydrogens is 242 g/mol. The third kappa shape index (κ3) is 6.70. The van der Waals surface area contributed by atoms with Gasteiger partial charge in [0, 0.05) is 26.2 Å². The van der Waals surface area contributed by atoms with E-state index in [2.05, 4.69) is 0 Å². The quantitative estimate of drug-likeness (QED) is 0.491. The van der Waals surface area contributed by atoms with Crippen molar-refractivity contribution < 1.29 is 14.2 Å². The van der Waals surface area contributed by atoms with E-state index in [1.165, 1.54) is 25.7 Å². The lowest BCUT2D eigenvalue weighted by Gasteiger charge is -2.30. The van der Waals surface area contributed by atoms with Crippen LogP contribution in [0.3, 0.4) is 0 Å². The van der Waals surface area contributed by atoms with Crippen molar-refractivity contribution in [2.75, 3.05) is 33.0 Å². The van der Waals surface area contributed by atoms with Crippen LogP contribution in [0.5, 0.6) is 0 Å². The van der Waals surface area contributed by atoms with Crippen LogP contribution in [0.1, 0.15) is 46.0 Å². The molecule has 0 aromatic heterocycles. The lowest BCUT2D eigenvalue weighted by Crippen LogP contribution is -2.30. The second-order valence-electron chi connectivity index (χ2n) is 5.24. The van der Waals surface area contributed by atoms with Gasteiger partial charge in [0.05, 0.1) is 6.61 Å². The van der Waals surface area contributed by atoms with E-state index in [1.807, 2.05) is 13.8 Å². The van der Waals surface area contributed by atoms with Gasteiger partial charge in [-0.2, -0.15) is 0 Å². The molecule has 0 radical (unpaired) electrons. The van der Waals surface area contributed by atoms with Crippen LogP contribution in [0.15, 0.2) is 0 Å². The van der Waals surface area contributed by atoms with Gasteiger partial charge in [0.25, 0.3) is 0 Å². The summed E-state index contributed by atoms with van der Waals surface area (Å²) in [7, 11) is 0. The molecule has 0 saturated heterocycles. The van der Waals surface area contributed by atoms with Crippen molar-refractivity contribution >= 4 is 0 Å². The maximum Gasteiger partial charge on any atom is 0.159 e. The van der Waals surface area contributed by atoms with E-state index in [1.54, 1.807) is 0 Å². The maximum absolute atomic E-state index is 5.83. The largest absolute Gasteiger partial charge is 0.381 e. The van der Waals surface area contributed by atoms with Crippen molar-refractivity contribution in [3.05, 3.63) is 0 Å². The van der Waals surface area contributed by atoms with Crippen LogP contribution in [-0.2, 0) is 14.2 Å².